The Morgan fingerprint density at radius 3 is 2.69 bits per heavy atom. The van der Waals surface area contributed by atoms with E-state index in [4.69, 9.17) is 10.5 Å². The van der Waals surface area contributed by atoms with Crippen LogP contribution < -0.4 is 10.5 Å². The van der Waals surface area contributed by atoms with Gasteiger partial charge in [0.05, 0.1) is 7.11 Å². The molecule has 0 bridgehead atoms. The van der Waals surface area contributed by atoms with Crippen LogP contribution in [0.2, 0.25) is 0 Å². The minimum atomic E-state index is 0. The minimum Gasteiger partial charge on any atom is -0.497 e. The van der Waals surface area contributed by atoms with Crippen molar-refractivity contribution in [3.8, 4) is 5.75 Å². The molecule has 1 aromatic rings. The lowest BCUT2D eigenvalue weighted by molar-refractivity contribution is -0.137. The summed E-state index contributed by atoms with van der Waals surface area (Å²) in [5, 5.41) is 0. The van der Waals surface area contributed by atoms with E-state index in [2.05, 4.69) is 0 Å². The minimum absolute atomic E-state index is 0. The number of hydrogen-bond donors (Lipinski definition) is 1. The van der Waals surface area contributed by atoms with Crippen molar-refractivity contribution in [3.05, 3.63) is 29.8 Å². The third kappa shape index (κ3) is 4.69. The second kappa shape index (κ2) is 8.92. The molecule has 1 aromatic carbocycles. The van der Waals surface area contributed by atoms with Gasteiger partial charge in [0, 0.05) is 50.0 Å². The van der Waals surface area contributed by atoms with Crippen LogP contribution in [0.5, 0.6) is 5.75 Å². The zero-order chi connectivity index (χ0) is 19.7. The summed E-state index contributed by atoms with van der Waals surface area (Å²) in [5.41, 5.74) is 7.10. The first-order valence-electron chi connectivity index (χ1n) is 10.4. The van der Waals surface area contributed by atoms with Gasteiger partial charge in [-0.25, -0.2) is 0 Å². The average molecular weight is 422 g/mol. The predicted molar refractivity (Wildman–Crippen MR) is 114 cm³/mol. The van der Waals surface area contributed by atoms with Crippen LogP contribution in [-0.2, 0) is 16.1 Å². The van der Waals surface area contributed by atoms with Crippen molar-refractivity contribution in [3.63, 3.8) is 0 Å². The van der Waals surface area contributed by atoms with Crippen molar-refractivity contribution in [1.82, 2.24) is 9.80 Å². The molecule has 1 saturated carbocycles. The van der Waals surface area contributed by atoms with Gasteiger partial charge >= 0.3 is 0 Å². The van der Waals surface area contributed by atoms with Crippen molar-refractivity contribution in [2.75, 3.05) is 26.7 Å². The lowest BCUT2D eigenvalue weighted by Crippen LogP contribution is -2.46. The molecule has 0 unspecified atom stereocenters. The standard InChI is InChI=1S/C22H31N3O3.ClH/c1-28-19-4-2-3-16(11-19)14-25-15-22(13-20(25)26)7-9-24(10-8-22)21(27)17-5-6-18(23)12-17;/h2-4,11,17-18H,5-10,12-15,23H2,1H3;1H/t17-,18+;/m0./s1. The Balaban J connectivity index is 0.00000240. The van der Waals surface area contributed by atoms with Crippen molar-refractivity contribution in [2.24, 2.45) is 17.1 Å². The Hall–Kier alpha value is -1.79. The number of halogens is 1. The Morgan fingerprint density at radius 2 is 2.03 bits per heavy atom. The summed E-state index contributed by atoms with van der Waals surface area (Å²) in [6, 6.07) is 8.09. The van der Waals surface area contributed by atoms with E-state index in [0.29, 0.717) is 13.0 Å². The molecule has 2 atom stereocenters. The van der Waals surface area contributed by atoms with Crippen LogP contribution in [0, 0.1) is 11.3 Å². The second-order valence-electron chi connectivity index (χ2n) is 8.87. The molecule has 1 aliphatic carbocycles. The molecule has 7 heteroatoms. The molecule has 2 amide bonds. The molecule has 3 aliphatic rings. The van der Waals surface area contributed by atoms with Crippen LogP contribution in [-0.4, -0.2) is 54.4 Å². The molecule has 2 aliphatic heterocycles. The Labute approximate surface area is 179 Å². The molecular formula is C22H32ClN3O3. The molecule has 2 saturated heterocycles. The number of likely N-dealkylation sites (tertiary alicyclic amines) is 2. The zero-order valence-corrected chi connectivity index (χ0v) is 18.0. The van der Waals surface area contributed by atoms with Crippen molar-refractivity contribution in [2.45, 2.75) is 51.1 Å². The van der Waals surface area contributed by atoms with E-state index in [1.165, 1.54) is 0 Å². The quantitative estimate of drug-likeness (QED) is 0.810. The number of carbonyl (C=O) groups is 2. The molecule has 2 N–H and O–H groups in total. The van der Waals surface area contributed by atoms with Crippen molar-refractivity contribution < 1.29 is 14.3 Å². The van der Waals surface area contributed by atoms with Crippen LogP contribution in [0.25, 0.3) is 0 Å². The van der Waals surface area contributed by atoms with Gasteiger partial charge in [0.2, 0.25) is 11.8 Å². The van der Waals surface area contributed by atoms with Gasteiger partial charge in [-0.1, -0.05) is 12.1 Å². The monoisotopic (exact) mass is 421 g/mol. The van der Waals surface area contributed by atoms with Crippen molar-refractivity contribution in [1.29, 1.82) is 0 Å². The van der Waals surface area contributed by atoms with Gasteiger partial charge in [-0.05, 0) is 49.8 Å². The number of methoxy groups -OCH3 is 1. The van der Waals surface area contributed by atoms with Gasteiger partial charge in [-0.3, -0.25) is 9.59 Å². The SMILES string of the molecule is COc1cccc(CN2CC3(CCN(C(=O)[C@H]4CC[C@@H](N)C4)CC3)CC2=O)c1.Cl. The molecule has 0 aromatic heterocycles. The number of rotatable bonds is 4. The maximum Gasteiger partial charge on any atom is 0.225 e. The van der Waals surface area contributed by atoms with E-state index < -0.39 is 0 Å². The first-order chi connectivity index (χ1) is 13.5. The van der Waals surface area contributed by atoms with E-state index in [1.54, 1.807) is 7.11 Å². The number of carbonyl (C=O) groups excluding carboxylic acids is 2. The Kier molecular flexibility index (Phi) is 6.74. The number of benzene rings is 1. The van der Waals surface area contributed by atoms with E-state index in [-0.39, 0.29) is 41.6 Å². The van der Waals surface area contributed by atoms with Crippen molar-refractivity contribution >= 4 is 24.2 Å². The first-order valence-corrected chi connectivity index (χ1v) is 10.4. The Morgan fingerprint density at radius 1 is 1.28 bits per heavy atom. The van der Waals surface area contributed by atoms with Crippen LogP contribution in [0.15, 0.2) is 24.3 Å². The molecule has 3 fully saturated rings. The predicted octanol–water partition coefficient (Wildman–Crippen LogP) is 2.59. The van der Waals surface area contributed by atoms with Crippen LogP contribution >= 0.6 is 12.4 Å². The van der Waals surface area contributed by atoms with Gasteiger partial charge in [0.1, 0.15) is 5.75 Å². The van der Waals surface area contributed by atoms with E-state index >= 15 is 0 Å². The summed E-state index contributed by atoms with van der Waals surface area (Å²) < 4.78 is 5.29. The highest BCUT2D eigenvalue weighted by Crippen LogP contribution is 2.42. The molecule has 1 spiro atoms. The van der Waals surface area contributed by atoms with Gasteiger partial charge < -0.3 is 20.3 Å². The normalized spacial score (nSPS) is 25.9. The summed E-state index contributed by atoms with van der Waals surface area (Å²) in [6.45, 7) is 2.95. The van der Waals surface area contributed by atoms with Crippen LogP contribution in [0.3, 0.4) is 0 Å². The average Bonchev–Trinajstić information content (AvgIpc) is 3.25. The smallest absolute Gasteiger partial charge is 0.225 e. The summed E-state index contributed by atoms with van der Waals surface area (Å²) >= 11 is 0. The topological polar surface area (TPSA) is 75.9 Å². The fraction of sp³-hybridized carbons (Fsp3) is 0.636. The number of nitrogens with zero attached hydrogens (tertiary/aromatic N) is 2. The molecular weight excluding hydrogens is 390 g/mol. The number of nitrogens with two attached hydrogens (primary N) is 1. The number of amides is 2. The largest absolute Gasteiger partial charge is 0.497 e. The van der Waals surface area contributed by atoms with E-state index in [9.17, 15) is 9.59 Å². The lowest BCUT2D eigenvalue weighted by Gasteiger charge is -2.39. The zero-order valence-electron chi connectivity index (χ0n) is 17.1. The van der Waals surface area contributed by atoms with E-state index in [1.807, 2.05) is 34.1 Å². The van der Waals surface area contributed by atoms with Gasteiger partial charge in [-0.15, -0.1) is 12.4 Å². The maximum absolute atomic E-state index is 12.8. The molecule has 2 heterocycles. The highest BCUT2D eigenvalue weighted by Gasteiger charge is 2.46. The van der Waals surface area contributed by atoms with Crippen LogP contribution in [0.1, 0.15) is 44.1 Å². The first kappa shape index (κ1) is 21.9. The number of hydrogen-bond acceptors (Lipinski definition) is 4. The van der Waals surface area contributed by atoms with E-state index in [0.717, 1.165) is 63.1 Å². The molecule has 4 rings (SSSR count). The summed E-state index contributed by atoms with van der Waals surface area (Å²) in [7, 11) is 1.66. The molecule has 160 valence electrons. The lowest BCUT2D eigenvalue weighted by atomic mass is 9.77. The molecule has 29 heavy (non-hydrogen) atoms. The summed E-state index contributed by atoms with van der Waals surface area (Å²) in [5.74, 6) is 1.43. The number of ether oxygens (including phenoxy) is 1. The number of piperidine rings is 1. The van der Waals surface area contributed by atoms with Gasteiger partial charge in [-0.2, -0.15) is 0 Å². The fourth-order valence-corrected chi connectivity index (χ4v) is 5.15. The molecule has 6 nitrogen and oxygen atoms in total. The second-order valence-corrected chi connectivity index (χ2v) is 8.87. The Bertz CT molecular complexity index is 749. The van der Waals surface area contributed by atoms with Crippen LogP contribution in [0.4, 0.5) is 0 Å². The highest BCUT2D eigenvalue weighted by molar-refractivity contribution is 5.85. The third-order valence-electron chi connectivity index (χ3n) is 6.87. The van der Waals surface area contributed by atoms with Gasteiger partial charge in [0.25, 0.3) is 0 Å². The summed E-state index contributed by atoms with van der Waals surface area (Å²) in [6.07, 6.45) is 5.15. The summed E-state index contributed by atoms with van der Waals surface area (Å²) in [4.78, 5) is 29.4. The van der Waals surface area contributed by atoms with Gasteiger partial charge in [0.15, 0.2) is 0 Å². The maximum atomic E-state index is 12.8. The highest BCUT2D eigenvalue weighted by atomic mass is 35.5. The molecule has 0 radical (unpaired) electrons. The third-order valence-corrected chi connectivity index (χ3v) is 6.87. The fourth-order valence-electron chi connectivity index (χ4n) is 5.15.